The normalized spacial score (nSPS) is 15.3. The van der Waals surface area contributed by atoms with Crippen molar-refractivity contribution in [1.82, 2.24) is 4.90 Å². The summed E-state index contributed by atoms with van der Waals surface area (Å²) in [6.07, 6.45) is 0.214. The fourth-order valence-corrected chi connectivity index (χ4v) is 1.78. The summed E-state index contributed by atoms with van der Waals surface area (Å²) < 4.78 is 36.9. The van der Waals surface area contributed by atoms with Gasteiger partial charge in [-0.15, -0.1) is 0 Å². The fourth-order valence-electron chi connectivity index (χ4n) is 1.78. The number of benzene rings is 1. The van der Waals surface area contributed by atoms with E-state index in [1.165, 1.54) is 4.90 Å². The van der Waals surface area contributed by atoms with Gasteiger partial charge in [-0.3, -0.25) is 0 Å². The van der Waals surface area contributed by atoms with Gasteiger partial charge in [0.05, 0.1) is 18.9 Å². The van der Waals surface area contributed by atoms with E-state index in [9.17, 15) is 13.6 Å². The highest BCUT2D eigenvalue weighted by Crippen LogP contribution is 2.16. The summed E-state index contributed by atoms with van der Waals surface area (Å²) in [6.45, 7) is 1.48. The number of hydrogen-bond donors (Lipinski definition) is 1. The number of carbonyl (C=O) groups excluding carboxylic acids is 1. The zero-order valence-corrected chi connectivity index (χ0v) is 11.1. The summed E-state index contributed by atoms with van der Waals surface area (Å²) >= 11 is 0. The van der Waals surface area contributed by atoms with E-state index >= 15 is 0 Å². The number of nitrogens with one attached hydrogen (secondary N) is 1. The van der Waals surface area contributed by atoms with Gasteiger partial charge in [0.15, 0.2) is 6.29 Å². The first-order valence-corrected chi connectivity index (χ1v) is 6.26. The van der Waals surface area contributed by atoms with Crippen molar-refractivity contribution in [3.63, 3.8) is 0 Å². The van der Waals surface area contributed by atoms with Crippen molar-refractivity contribution in [2.75, 3.05) is 32.1 Å². The van der Waals surface area contributed by atoms with E-state index in [0.717, 1.165) is 18.2 Å². The topological polar surface area (TPSA) is 50.8 Å². The average Bonchev–Trinajstić information content (AvgIpc) is 2.93. The smallest absolute Gasteiger partial charge is 0.321 e. The van der Waals surface area contributed by atoms with Crippen LogP contribution >= 0.6 is 0 Å². The molecule has 20 heavy (non-hydrogen) atoms. The third-order valence-electron chi connectivity index (χ3n) is 2.91. The monoisotopic (exact) mass is 286 g/mol. The second-order valence-corrected chi connectivity index (χ2v) is 4.44. The molecule has 110 valence electrons. The largest absolute Gasteiger partial charge is 0.350 e. The maximum absolute atomic E-state index is 13.4. The van der Waals surface area contributed by atoms with Crippen LogP contribution in [0, 0.1) is 11.6 Å². The van der Waals surface area contributed by atoms with Crippen molar-refractivity contribution in [2.45, 2.75) is 12.7 Å². The lowest BCUT2D eigenvalue weighted by Gasteiger charge is -2.19. The molecule has 1 aromatic rings. The van der Waals surface area contributed by atoms with Crippen LogP contribution in [-0.2, 0) is 9.47 Å². The number of carbonyl (C=O) groups is 1. The molecule has 1 N–H and O–H groups in total. The first kappa shape index (κ1) is 14.7. The highest BCUT2D eigenvalue weighted by Gasteiger charge is 2.18. The molecule has 0 radical (unpaired) electrons. The standard InChI is InChI=1S/C13H16F2N2O3/c1-17(5-4-12-19-6-7-20-12)13(18)16-11-8-9(14)2-3-10(11)15/h2-3,8,12H,4-7H2,1H3,(H,16,18). The first-order chi connectivity index (χ1) is 9.56. The molecule has 0 spiro atoms. The number of rotatable bonds is 4. The Bertz CT molecular complexity index is 479. The van der Waals surface area contributed by atoms with Gasteiger partial charge in [-0.1, -0.05) is 0 Å². The highest BCUT2D eigenvalue weighted by atomic mass is 19.1. The number of ether oxygens (including phenoxy) is 2. The van der Waals surface area contributed by atoms with Crippen molar-refractivity contribution in [1.29, 1.82) is 0 Å². The van der Waals surface area contributed by atoms with E-state index in [1.807, 2.05) is 0 Å². The lowest BCUT2D eigenvalue weighted by atomic mass is 10.3. The first-order valence-electron chi connectivity index (χ1n) is 6.26. The molecule has 0 aromatic heterocycles. The SMILES string of the molecule is CN(CCC1OCCO1)C(=O)Nc1cc(F)ccc1F. The predicted octanol–water partition coefficient (Wildman–Crippen LogP) is 2.19. The lowest BCUT2D eigenvalue weighted by Crippen LogP contribution is -2.34. The molecule has 1 saturated heterocycles. The molecule has 0 saturated carbocycles. The number of halogens is 2. The summed E-state index contributed by atoms with van der Waals surface area (Å²) in [5.74, 6) is -1.30. The van der Waals surface area contributed by atoms with E-state index in [0.29, 0.717) is 26.2 Å². The third-order valence-corrected chi connectivity index (χ3v) is 2.91. The van der Waals surface area contributed by atoms with Gasteiger partial charge in [-0.2, -0.15) is 0 Å². The van der Waals surface area contributed by atoms with Crippen molar-refractivity contribution in [3.05, 3.63) is 29.8 Å². The number of urea groups is 1. The van der Waals surface area contributed by atoms with Crippen LogP contribution in [0.4, 0.5) is 19.3 Å². The van der Waals surface area contributed by atoms with Gasteiger partial charge in [0, 0.05) is 26.1 Å². The van der Waals surface area contributed by atoms with Gasteiger partial charge in [-0.05, 0) is 12.1 Å². The molecule has 1 aliphatic heterocycles. The van der Waals surface area contributed by atoms with Crippen LogP contribution in [0.25, 0.3) is 0 Å². The van der Waals surface area contributed by atoms with Crippen LogP contribution in [-0.4, -0.2) is 44.0 Å². The van der Waals surface area contributed by atoms with Crippen LogP contribution in [0.3, 0.4) is 0 Å². The van der Waals surface area contributed by atoms with Crippen molar-refractivity contribution < 1.29 is 23.0 Å². The summed E-state index contributed by atoms with van der Waals surface area (Å²) in [4.78, 5) is 13.2. The van der Waals surface area contributed by atoms with Crippen molar-refractivity contribution in [2.24, 2.45) is 0 Å². The van der Waals surface area contributed by atoms with E-state index in [-0.39, 0.29) is 12.0 Å². The maximum atomic E-state index is 13.4. The Morgan fingerprint density at radius 2 is 2.10 bits per heavy atom. The van der Waals surface area contributed by atoms with Crippen LogP contribution in [0.2, 0.25) is 0 Å². The van der Waals surface area contributed by atoms with E-state index < -0.39 is 17.7 Å². The van der Waals surface area contributed by atoms with Gasteiger partial charge in [-0.25, -0.2) is 13.6 Å². The van der Waals surface area contributed by atoms with Crippen molar-refractivity contribution in [3.8, 4) is 0 Å². The molecule has 0 unspecified atom stereocenters. The molecule has 1 fully saturated rings. The predicted molar refractivity (Wildman–Crippen MR) is 68.3 cm³/mol. The van der Waals surface area contributed by atoms with Crippen LogP contribution < -0.4 is 5.32 Å². The van der Waals surface area contributed by atoms with Gasteiger partial charge in [0.2, 0.25) is 0 Å². The summed E-state index contributed by atoms with van der Waals surface area (Å²) in [5, 5.41) is 2.32. The van der Waals surface area contributed by atoms with Crippen LogP contribution in [0.15, 0.2) is 18.2 Å². The van der Waals surface area contributed by atoms with Gasteiger partial charge in [0.25, 0.3) is 0 Å². The number of hydrogen-bond acceptors (Lipinski definition) is 3. The lowest BCUT2D eigenvalue weighted by molar-refractivity contribution is -0.0488. The van der Waals surface area contributed by atoms with E-state index in [1.54, 1.807) is 7.05 Å². The Labute approximate surface area is 115 Å². The van der Waals surface area contributed by atoms with E-state index in [2.05, 4.69) is 5.32 Å². The highest BCUT2D eigenvalue weighted by molar-refractivity contribution is 5.89. The molecule has 2 amide bonds. The second kappa shape index (κ2) is 6.62. The molecule has 0 bridgehead atoms. The molecule has 1 aromatic carbocycles. The van der Waals surface area contributed by atoms with Gasteiger partial charge < -0.3 is 19.7 Å². The van der Waals surface area contributed by atoms with Crippen LogP contribution in [0.5, 0.6) is 0 Å². The molecular weight excluding hydrogens is 270 g/mol. The zero-order valence-electron chi connectivity index (χ0n) is 11.1. The summed E-state index contributed by atoms with van der Waals surface area (Å²) in [5.41, 5.74) is -0.185. The molecule has 7 heteroatoms. The minimum Gasteiger partial charge on any atom is -0.350 e. The Balaban J connectivity index is 1.85. The number of amides is 2. The van der Waals surface area contributed by atoms with Gasteiger partial charge >= 0.3 is 6.03 Å². The fraction of sp³-hybridized carbons (Fsp3) is 0.462. The molecule has 1 heterocycles. The van der Waals surface area contributed by atoms with Crippen molar-refractivity contribution >= 4 is 11.7 Å². The Morgan fingerprint density at radius 1 is 1.40 bits per heavy atom. The maximum Gasteiger partial charge on any atom is 0.321 e. The number of nitrogens with zero attached hydrogens (tertiary/aromatic N) is 1. The Morgan fingerprint density at radius 3 is 2.80 bits per heavy atom. The molecule has 0 aliphatic carbocycles. The second-order valence-electron chi connectivity index (χ2n) is 4.44. The Kier molecular flexibility index (Phi) is 4.86. The molecule has 2 rings (SSSR count). The quantitative estimate of drug-likeness (QED) is 0.923. The average molecular weight is 286 g/mol. The number of anilines is 1. The zero-order chi connectivity index (χ0) is 14.5. The molecule has 5 nitrogen and oxygen atoms in total. The van der Waals surface area contributed by atoms with Crippen LogP contribution in [0.1, 0.15) is 6.42 Å². The molecule has 1 aliphatic rings. The molecular formula is C13H16F2N2O3. The minimum absolute atomic E-state index is 0.185. The summed E-state index contributed by atoms with van der Waals surface area (Å²) in [7, 11) is 1.56. The minimum atomic E-state index is -0.685. The van der Waals surface area contributed by atoms with Gasteiger partial charge in [0.1, 0.15) is 11.6 Å². The third kappa shape index (κ3) is 3.88. The Hall–Kier alpha value is -1.73. The van der Waals surface area contributed by atoms with E-state index in [4.69, 9.17) is 9.47 Å². The summed E-state index contributed by atoms with van der Waals surface area (Å²) in [6, 6.07) is 2.37. The molecule has 0 atom stereocenters.